The summed E-state index contributed by atoms with van der Waals surface area (Å²) in [5, 5.41) is 7.19. The van der Waals surface area contributed by atoms with E-state index >= 15 is 0 Å². The minimum Gasteiger partial charge on any atom is -0.309 e. The van der Waals surface area contributed by atoms with Crippen LogP contribution in [-0.2, 0) is 0 Å². The summed E-state index contributed by atoms with van der Waals surface area (Å²) in [5.74, 6) is 0. The number of hydrogen-bond donors (Lipinski definition) is 0. The average Bonchev–Trinajstić information content (AvgIpc) is 4.00. The molecular formula is C60H37N3. The summed E-state index contributed by atoms with van der Waals surface area (Å²) >= 11 is 0. The molecule has 0 radical (unpaired) electrons. The van der Waals surface area contributed by atoms with Crippen LogP contribution >= 0.6 is 0 Å². The number of fused-ring (bicyclic) bond motifs is 9. The Bertz CT molecular complexity index is 3810. The molecule has 292 valence electrons. The molecule has 3 nitrogen and oxygen atoms in total. The van der Waals surface area contributed by atoms with Crippen molar-refractivity contribution in [3.05, 3.63) is 237 Å². The molecule has 0 aliphatic carbocycles. The Morgan fingerprint density at radius 3 is 1.38 bits per heavy atom. The summed E-state index contributed by atoms with van der Waals surface area (Å²) < 4.78 is 7.20. The first-order valence-electron chi connectivity index (χ1n) is 21.5. The smallest absolute Gasteiger partial charge is 0.0631 e. The van der Waals surface area contributed by atoms with Gasteiger partial charge in [0.2, 0.25) is 0 Å². The predicted molar refractivity (Wildman–Crippen MR) is 263 cm³/mol. The number of para-hydroxylation sites is 4. The lowest BCUT2D eigenvalue weighted by Gasteiger charge is -2.15. The van der Waals surface area contributed by atoms with Gasteiger partial charge >= 0.3 is 0 Å². The zero-order chi connectivity index (χ0) is 41.4. The summed E-state index contributed by atoms with van der Waals surface area (Å²) in [4.78, 5) is 0. The Kier molecular flexibility index (Phi) is 7.82. The number of hydrogen-bond acceptors (Lipinski definition) is 0. The zero-order valence-corrected chi connectivity index (χ0v) is 34.2. The molecule has 13 aromatic rings. The lowest BCUT2D eigenvalue weighted by atomic mass is 9.95. The SMILES string of the molecule is c1ccc2c(c#1)c1ccccc1n2-c1cccc(-n2c3ccccc3c3cc(-c4cc(-c5cccc(-c6ccccc6)c5)cc(-n5c6ccccc6c6ccccc65)c4)ccc32)c1. The second-order valence-electron chi connectivity index (χ2n) is 16.4. The Morgan fingerprint density at radius 2 is 0.714 bits per heavy atom. The molecule has 0 saturated carbocycles. The van der Waals surface area contributed by atoms with Gasteiger partial charge in [0.1, 0.15) is 0 Å². The number of nitrogens with zero attached hydrogens (tertiary/aromatic N) is 3. The van der Waals surface area contributed by atoms with Gasteiger partial charge in [-0.3, -0.25) is 0 Å². The topological polar surface area (TPSA) is 14.8 Å². The van der Waals surface area contributed by atoms with Crippen molar-refractivity contribution in [3.8, 4) is 50.4 Å². The first-order valence-corrected chi connectivity index (χ1v) is 21.5. The van der Waals surface area contributed by atoms with E-state index in [4.69, 9.17) is 0 Å². The largest absolute Gasteiger partial charge is 0.309 e. The van der Waals surface area contributed by atoms with Crippen LogP contribution in [0.1, 0.15) is 0 Å². The third-order valence-electron chi connectivity index (χ3n) is 12.8. The minimum absolute atomic E-state index is 1.08. The van der Waals surface area contributed by atoms with Crippen molar-refractivity contribution in [2.24, 2.45) is 0 Å². The van der Waals surface area contributed by atoms with Gasteiger partial charge in [0.15, 0.2) is 0 Å². The molecule has 0 aliphatic heterocycles. The van der Waals surface area contributed by atoms with Crippen LogP contribution in [0.4, 0.5) is 0 Å². The van der Waals surface area contributed by atoms with Crippen LogP contribution < -0.4 is 0 Å². The van der Waals surface area contributed by atoms with Crippen molar-refractivity contribution in [3.63, 3.8) is 0 Å². The molecule has 13 rings (SSSR count). The third-order valence-corrected chi connectivity index (χ3v) is 12.8. The molecular weight excluding hydrogens is 763 g/mol. The fourth-order valence-electron chi connectivity index (χ4n) is 10.0. The summed E-state index contributed by atoms with van der Waals surface area (Å²) in [5.41, 5.74) is 17.4. The van der Waals surface area contributed by atoms with Crippen LogP contribution in [0, 0.1) is 12.1 Å². The molecule has 3 aromatic heterocycles. The van der Waals surface area contributed by atoms with Gasteiger partial charge in [-0.05, 0) is 124 Å². The van der Waals surface area contributed by atoms with Gasteiger partial charge in [0.25, 0.3) is 0 Å². The molecule has 0 unspecified atom stereocenters. The molecule has 10 aromatic carbocycles. The second-order valence-corrected chi connectivity index (χ2v) is 16.4. The molecule has 0 amide bonds. The normalized spacial score (nSPS) is 11.7. The van der Waals surface area contributed by atoms with Gasteiger partial charge in [-0.15, -0.1) is 0 Å². The van der Waals surface area contributed by atoms with Crippen LogP contribution in [-0.4, -0.2) is 13.7 Å². The first-order chi connectivity index (χ1) is 31.2. The lowest BCUT2D eigenvalue weighted by Crippen LogP contribution is -1.98. The Hall–Kier alpha value is -8.58. The Morgan fingerprint density at radius 1 is 0.254 bits per heavy atom. The van der Waals surface area contributed by atoms with Crippen molar-refractivity contribution < 1.29 is 0 Å². The highest BCUT2D eigenvalue weighted by Gasteiger charge is 2.18. The highest BCUT2D eigenvalue weighted by atomic mass is 15.0. The highest BCUT2D eigenvalue weighted by Crippen LogP contribution is 2.40. The van der Waals surface area contributed by atoms with Crippen LogP contribution in [0.15, 0.2) is 224 Å². The van der Waals surface area contributed by atoms with E-state index in [0.29, 0.717) is 0 Å². The highest BCUT2D eigenvalue weighted by molar-refractivity contribution is 6.12. The maximum Gasteiger partial charge on any atom is 0.0631 e. The maximum atomic E-state index is 3.39. The van der Waals surface area contributed by atoms with E-state index in [1.54, 1.807) is 0 Å². The van der Waals surface area contributed by atoms with Crippen LogP contribution in [0.3, 0.4) is 0 Å². The number of aromatic nitrogens is 3. The molecule has 63 heavy (non-hydrogen) atoms. The van der Waals surface area contributed by atoms with Gasteiger partial charge in [-0.25, -0.2) is 0 Å². The van der Waals surface area contributed by atoms with E-state index < -0.39 is 0 Å². The van der Waals surface area contributed by atoms with Crippen molar-refractivity contribution in [1.82, 2.24) is 13.7 Å². The minimum atomic E-state index is 1.08. The molecule has 0 saturated heterocycles. The lowest BCUT2D eigenvalue weighted by molar-refractivity contribution is 1.13. The van der Waals surface area contributed by atoms with Crippen molar-refractivity contribution in [2.75, 3.05) is 0 Å². The molecule has 0 spiro atoms. The van der Waals surface area contributed by atoms with Crippen LogP contribution in [0.25, 0.3) is 116 Å². The van der Waals surface area contributed by atoms with Gasteiger partial charge < -0.3 is 13.7 Å². The Balaban J connectivity index is 1.01. The Labute approximate surface area is 364 Å². The van der Waals surface area contributed by atoms with E-state index in [0.717, 1.165) is 44.6 Å². The van der Waals surface area contributed by atoms with E-state index in [1.165, 1.54) is 71.3 Å². The molecule has 3 heterocycles. The number of benzene rings is 9. The standard InChI is InChI=1S/C60H37N3/c1-2-16-40(17-3-1)41-18-14-19-42(34-41)44-35-45(37-48(36-44)63-57-29-11-6-24-51(57)52-25-7-12-30-58(52)63)43-32-33-60-54(38-43)53-26-8-13-31-59(53)62(60)47-21-15-20-46(39-47)61-55-27-9-4-22-49(55)50-23-5-10-28-56(50)61/h1-4,6-22,24-39H. The quantitative estimate of drug-likeness (QED) is 0.159. The fourth-order valence-corrected chi connectivity index (χ4v) is 10.0. The fraction of sp³-hybridized carbons (Fsp3) is 0. The van der Waals surface area contributed by atoms with E-state index in [2.05, 4.69) is 244 Å². The summed E-state index contributed by atoms with van der Waals surface area (Å²) in [6.07, 6.45) is 0. The van der Waals surface area contributed by atoms with Gasteiger partial charge in [0.05, 0.1) is 38.5 Å². The number of rotatable bonds is 6. The van der Waals surface area contributed by atoms with Crippen molar-refractivity contribution in [1.29, 1.82) is 0 Å². The zero-order valence-electron chi connectivity index (χ0n) is 34.2. The summed E-state index contributed by atoms with van der Waals surface area (Å²) in [6.45, 7) is 0. The van der Waals surface area contributed by atoms with E-state index in [9.17, 15) is 0 Å². The molecule has 0 bridgehead atoms. The predicted octanol–water partition coefficient (Wildman–Crippen LogP) is 15.6. The van der Waals surface area contributed by atoms with Gasteiger partial charge in [0, 0.05) is 44.0 Å². The monoisotopic (exact) mass is 799 g/mol. The second kappa shape index (κ2) is 14.0. The molecule has 0 fully saturated rings. The average molecular weight is 800 g/mol. The van der Waals surface area contributed by atoms with E-state index in [-0.39, 0.29) is 0 Å². The third kappa shape index (κ3) is 5.56. The van der Waals surface area contributed by atoms with Crippen molar-refractivity contribution in [2.45, 2.75) is 0 Å². The van der Waals surface area contributed by atoms with Crippen LogP contribution in [0.2, 0.25) is 0 Å². The summed E-state index contributed by atoms with van der Waals surface area (Å²) in [6, 6.07) is 88.2. The van der Waals surface area contributed by atoms with E-state index in [1.807, 2.05) is 6.07 Å². The van der Waals surface area contributed by atoms with Gasteiger partial charge in [-0.2, -0.15) is 0 Å². The first kappa shape index (κ1) is 35.2. The van der Waals surface area contributed by atoms with Gasteiger partial charge in [-0.1, -0.05) is 146 Å². The maximum absolute atomic E-state index is 3.39. The van der Waals surface area contributed by atoms with Crippen LogP contribution in [0.5, 0.6) is 0 Å². The molecule has 0 aliphatic rings. The molecule has 3 heteroatoms. The van der Waals surface area contributed by atoms with Crippen molar-refractivity contribution >= 4 is 65.4 Å². The molecule has 0 atom stereocenters. The summed E-state index contributed by atoms with van der Waals surface area (Å²) in [7, 11) is 0. The molecule has 0 N–H and O–H groups in total.